The van der Waals surface area contributed by atoms with Crippen molar-refractivity contribution < 1.29 is 8.78 Å². The highest BCUT2D eigenvalue weighted by atomic mass is 35.5. The number of hydrogen-bond acceptors (Lipinski definition) is 2. The second-order valence-corrected chi connectivity index (χ2v) is 5.02. The molecular weight excluding hydrogens is 270 g/mol. The number of halogens is 3. The SMILES string of the molecule is Cl.NCC1CCCN(Cc2ccc(C(F)F)cc2)C1. The second-order valence-electron chi connectivity index (χ2n) is 5.02. The first-order chi connectivity index (χ1) is 8.69. The Morgan fingerprint density at radius 3 is 2.53 bits per heavy atom. The van der Waals surface area contributed by atoms with Crippen LogP contribution in [0, 0.1) is 5.92 Å². The van der Waals surface area contributed by atoms with E-state index in [1.807, 2.05) is 0 Å². The van der Waals surface area contributed by atoms with Gasteiger partial charge in [0.15, 0.2) is 0 Å². The van der Waals surface area contributed by atoms with Crippen molar-refractivity contribution in [2.24, 2.45) is 11.7 Å². The maximum atomic E-state index is 12.4. The molecule has 1 atom stereocenters. The number of benzene rings is 1. The third kappa shape index (κ3) is 4.71. The summed E-state index contributed by atoms with van der Waals surface area (Å²) in [6.45, 7) is 3.67. The molecule has 1 aliphatic heterocycles. The van der Waals surface area contributed by atoms with Crippen molar-refractivity contribution in [3.63, 3.8) is 0 Å². The molecule has 0 aromatic heterocycles. The van der Waals surface area contributed by atoms with E-state index >= 15 is 0 Å². The van der Waals surface area contributed by atoms with Gasteiger partial charge in [0, 0.05) is 18.7 Å². The van der Waals surface area contributed by atoms with Crippen LogP contribution in [-0.4, -0.2) is 24.5 Å². The van der Waals surface area contributed by atoms with Gasteiger partial charge in [-0.2, -0.15) is 0 Å². The highest BCUT2D eigenvalue weighted by Gasteiger charge is 2.18. The molecule has 0 spiro atoms. The third-order valence-electron chi connectivity index (χ3n) is 3.57. The van der Waals surface area contributed by atoms with E-state index in [0.29, 0.717) is 5.92 Å². The van der Waals surface area contributed by atoms with Crippen LogP contribution in [0.5, 0.6) is 0 Å². The average molecular weight is 291 g/mol. The number of rotatable bonds is 4. The normalized spacial score (nSPS) is 20.3. The Morgan fingerprint density at radius 2 is 1.95 bits per heavy atom. The van der Waals surface area contributed by atoms with Gasteiger partial charge in [-0.3, -0.25) is 4.90 Å². The summed E-state index contributed by atoms with van der Waals surface area (Å²) in [5.41, 5.74) is 6.89. The predicted octanol–water partition coefficient (Wildman–Crippen LogP) is 3.22. The maximum absolute atomic E-state index is 12.4. The Kier molecular flexibility index (Phi) is 6.69. The summed E-state index contributed by atoms with van der Waals surface area (Å²) in [4.78, 5) is 2.36. The van der Waals surface area contributed by atoms with Crippen LogP contribution in [0.2, 0.25) is 0 Å². The van der Waals surface area contributed by atoms with Gasteiger partial charge in [0.2, 0.25) is 0 Å². The number of piperidine rings is 1. The fourth-order valence-electron chi connectivity index (χ4n) is 2.51. The summed E-state index contributed by atoms with van der Waals surface area (Å²) in [6.07, 6.45) is 0.00422. The predicted molar refractivity (Wildman–Crippen MR) is 75.7 cm³/mol. The van der Waals surface area contributed by atoms with E-state index in [9.17, 15) is 8.78 Å². The molecule has 1 aromatic carbocycles. The van der Waals surface area contributed by atoms with Crippen molar-refractivity contribution in [3.05, 3.63) is 35.4 Å². The first-order valence-corrected chi connectivity index (χ1v) is 6.48. The van der Waals surface area contributed by atoms with Crippen molar-refractivity contribution in [2.45, 2.75) is 25.8 Å². The van der Waals surface area contributed by atoms with Crippen molar-refractivity contribution in [1.29, 1.82) is 0 Å². The molecule has 0 amide bonds. The number of nitrogens with zero attached hydrogens (tertiary/aromatic N) is 1. The van der Waals surface area contributed by atoms with Crippen LogP contribution >= 0.6 is 12.4 Å². The summed E-state index contributed by atoms with van der Waals surface area (Å²) in [6, 6.07) is 6.63. The summed E-state index contributed by atoms with van der Waals surface area (Å²) >= 11 is 0. The van der Waals surface area contributed by atoms with Gasteiger partial charge in [0.05, 0.1) is 0 Å². The number of alkyl halides is 2. The Morgan fingerprint density at radius 1 is 1.26 bits per heavy atom. The van der Waals surface area contributed by atoms with Gasteiger partial charge in [-0.25, -0.2) is 8.78 Å². The van der Waals surface area contributed by atoms with Crippen LogP contribution in [0.15, 0.2) is 24.3 Å². The molecule has 5 heteroatoms. The van der Waals surface area contributed by atoms with Gasteiger partial charge in [0.25, 0.3) is 6.43 Å². The zero-order valence-corrected chi connectivity index (χ0v) is 11.7. The molecule has 1 aromatic rings. The molecule has 108 valence electrons. The fraction of sp³-hybridized carbons (Fsp3) is 0.571. The molecule has 2 nitrogen and oxygen atoms in total. The lowest BCUT2D eigenvalue weighted by atomic mass is 9.98. The van der Waals surface area contributed by atoms with E-state index in [-0.39, 0.29) is 18.0 Å². The quantitative estimate of drug-likeness (QED) is 0.922. The summed E-state index contributed by atoms with van der Waals surface area (Å²) in [5, 5.41) is 0. The van der Waals surface area contributed by atoms with Crippen LogP contribution < -0.4 is 5.73 Å². The first kappa shape index (κ1) is 16.3. The zero-order valence-electron chi connectivity index (χ0n) is 10.9. The Balaban J connectivity index is 0.00000180. The van der Waals surface area contributed by atoms with Gasteiger partial charge < -0.3 is 5.73 Å². The van der Waals surface area contributed by atoms with E-state index in [2.05, 4.69) is 4.90 Å². The van der Waals surface area contributed by atoms with Gasteiger partial charge in [-0.15, -0.1) is 12.4 Å². The van der Waals surface area contributed by atoms with E-state index < -0.39 is 6.43 Å². The van der Waals surface area contributed by atoms with Crippen molar-refractivity contribution in [1.82, 2.24) is 4.90 Å². The van der Waals surface area contributed by atoms with E-state index in [1.165, 1.54) is 25.0 Å². The number of hydrogen-bond donors (Lipinski definition) is 1. The molecule has 0 bridgehead atoms. The average Bonchev–Trinajstić information content (AvgIpc) is 2.39. The standard InChI is InChI=1S/C14H20F2N2.ClH/c15-14(16)13-5-3-11(4-6-13)9-18-7-1-2-12(8-17)10-18;/h3-6,12,14H,1-2,7-10,17H2;1H. The van der Waals surface area contributed by atoms with Crippen molar-refractivity contribution >= 4 is 12.4 Å². The van der Waals surface area contributed by atoms with Crippen molar-refractivity contribution in [3.8, 4) is 0 Å². The first-order valence-electron chi connectivity index (χ1n) is 6.48. The summed E-state index contributed by atoms with van der Waals surface area (Å²) in [5.74, 6) is 0.582. The minimum absolute atomic E-state index is 0. The molecule has 0 aliphatic carbocycles. The van der Waals surface area contributed by atoms with Gasteiger partial charge in [-0.05, 0) is 37.4 Å². The van der Waals surface area contributed by atoms with E-state index in [1.54, 1.807) is 12.1 Å². The Hall–Kier alpha value is -0.710. The molecule has 2 rings (SSSR count). The molecule has 1 fully saturated rings. The summed E-state index contributed by atoms with van der Waals surface area (Å²) < 4.78 is 24.9. The van der Waals surface area contributed by atoms with E-state index in [4.69, 9.17) is 5.73 Å². The lowest BCUT2D eigenvalue weighted by Gasteiger charge is -2.32. The molecule has 1 aliphatic rings. The van der Waals surface area contributed by atoms with Gasteiger partial charge in [0.1, 0.15) is 0 Å². The smallest absolute Gasteiger partial charge is 0.263 e. The van der Waals surface area contributed by atoms with Crippen LogP contribution in [0.25, 0.3) is 0 Å². The monoisotopic (exact) mass is 290 g/mol. The number of nitrogens with two attached hydrogens (primary N) is 1. The van der Waals surface area contributed by atoms with Crippen LogP contribution in [-0.2, 0) is 6.54 Å². The van der Waals surface area contributed by atoms with Gasteiger partial charge >= 0.3 is 0 Å². The van der Waals surface area contributed by atoms with Crippen LogP contribution in [0.3, 0.4) is 0 Å². The van der Waals surface area contributed by atoms with E-state index in [0.717, 1.165) is 31.7 Å². The molecule has 1 unspecified atom stereocenters. The van der Waals surface area contributed by atoms with Crippen molar-refractivity contribution in [2.75, 3.05) is 19.6 Å². The Bertz CT molecular complexity index is 370. The Labute approximate surface area is 119 Å². The topological polar surface area (TPSA) is 29.3 Å². The maximum Gasteiger partial charge on any atom is 0.263 e. The molecule has 2 N–H and O–H groups in total. The second kappa shape index (κ2) is 7.78. The fourth-order valence-corrected chi connectivity index (χ4v) is 2.51. The zero-order chi connectivity index (χ0) is 13.0. The third-order valence-corrected chi connectivity index (χ3v) is 3.57. The van der Waals surface area contributed by atoms with Crippen LogP contribution in [0.4, 0.5) is 8.78 Å². The highest BCUT2D eigenvalue weighted by molar-refractivity contribution is 5.85. The minimum atomic E-state index is -2.38. The van der Waals surface area contributed by atoms with Crippen LogP contribution in [0.1, 0.15) is 30.4 Å². The minimum Gasteiger partial charge on any atom is -0.330 e. The molecule has 19 heavy (non-hydrogen) atoms. The lowest BCUT2D eigenvalue weighted by molar-refractivity contribution is 0.151. The number of likely N-dealkylation sites (tertiary alicyclic amines) is 1. The highest BCUT2D eigenvalue weighted by Crippen LogP contribution is 2.21. The molecule has 1 saturated heterocycles. The molecule has 0 saturated carbocycles. The molecular formula is C14H21ClF2N2. The lowest BCUT2D eigenvalue weighted by Crippen LogP contribution is -2.37. The largest absolute Gasteiger partial charge is 0.330 e. The summed E-state index contributed by atoms with van der Waals surface area (Å²) in [7, 11) is 0. The molecule has 0 radical (unpaired) electrons. The molecule has 1 heterocycles. The van der Waals surface area contributed by atoms with Gasteiger partial charge in [-0.1, -0.05) is 24.3 Å².